The molecule has 31 heavy (non-hydrogen) atoms. The van der Waals surface area contributed by atoms with E-state index in [2.05, 4.69) is 4.98 Å². The molecule has 1 saturated heterocycles. The van der Waals surface area contributed by atoms with Crippen LogP contribution in [0.1, 0.15) is 58.3 Å². The van der Waals surface area contributed by atoms with E-state index in [9.17, 15) is 14.4 Å². The average Bonchev–Trinajstić information content (AvgIpc) is 2.78. The Labute approximate surface area is 181 Å². The Kier molecular flexibility index (Phi) is 6.18. The average molecular weight is 425 g/mol. The number of ether oxygens (including phenoxy) is 1. The summed E-state index contributed by atoms with van der Waals surface area (Å²) in [4.78, 5) is 49.4. The monoisotopic (exact) mass is 424 g/mol. The molecule has 3 heterocycles. The lowest BCUT2D eigenvalue weighted by Crippen LogP contribution is -2.43. The van der Waals surface area contributed by atoms with E-state index in [4.69, 9.17) is 9.72 Å². The Balaban J connectivity index is 1.61. The molecule has 8 heteroatoms. The second kappa shape index (κ2) is 9.01. The number of hydrogen-bond acceptors (Lipinski definition) is 5. The highest BCUT2D eigenvalue weighted by molar-refractivity contribution is 5.94. The summed E-state index contributed by atoms with van der Waals surface area (Å²) in [6.07, 6.45) is 3.18. The van der Waals surface area contributed by atoms with Gasteiger partial charge in [-0.3, -0.25) is 14.4 Å². The number of carbonyl (C=O) groups excluding carboxylic acids is 2. The molecule has 0 aliphatic carbocycles. The Morgan fingerprint density at radius 2 is 2.10 bits per heavy atom. The van der Waals surface area contributed by atoms with Gasteiger partial charge in [-0.2, -0.15) is 0 Å². The maximum absolute atomic E-state index is 13.2. The molecular formula is C23H28N4O4. The quantitative estimate of drug-likeness (QED) is 0.810. The largest absolute Gasteiger partial charge is 0.375 e. The predicted molar refractivity (Wildman–Crippen MR) is 115 cm³/mol. The SMILES string of the molecule is COCC(=O)N1CCc2nc([C@H]3CCCCN3C(=O)c3cccc(C)c3)[nH]c(=O)c2C1. The van der Waals surface area contributed by atoms with E-state index in [1.807, 2.05) is 36.1 Å². The van der Waals surface area contributed by atoms with E-state index in [0.29, 0.717) is 42.2 Å². The predicted octanol–water partition coefficient (Wildman–Crippen LogP) is 1.98. The van der Waals surface area contributed by atoms with E-state index in [-0.39, 0.29) is 36.6 Å². The zero-order valence-electron chi connectivity index (χ0n) is 18.0. The van der Waals surface area contributed by atoms with E-state index in [0.717, 1.165) is 24.8 Å². The van der Waals surface area contributed by atoms with Crippen LogP contribution in [0.3, 0.4) is 0 Å². The smallest absolute Gasteiger partial charge is 0.256 e. The second-order valence-electron chi connectivity index (χ2n) is 8.25. The number of fused-ring (bicyclic) bond motifs is 1. The van der Waals surface area contributed by atoms with E-state index < -0.39 is 0 Å². The van der Waals surface area contributed by atoms with Crippen molar-refractivity contribution in [2.75, 3.05) is 26.8 Å². The van der Waals surface area contributed by atoms with Gasteiger partial charge < -0.3 is 19.5 Å². The maximum Gasteiger partial charge on any atom is 0.256 e. The van der Waals surface area contributed by atoms with Gasteiger partial charge in [0.25, 0.3) is 11.5 Å². The van der Waals surface area contributed by atoms with Crippen molar-refractivity contribution in [1.29, 1.82) is 0 Å². The number of methoxy groups -OCH3 is 1. The summed E-state index contributed by atoms with van der Waals surface area (Å²) in [5, 5.41) is 0. The van der Waals surface area contributed by atoms with Crippen LogP contribution in [0.25, 0.3) is 0 Å². The zero-order valence-corrected chi connectivity index (χ0v) is 18.0. The number of aromatic amines is 1. The number of aryl methyl sites for hydroxylation is 1. The molecule has 8 nitrogen and oxygen atoms in total. The van der Waals surface area contributed by atoms with Gasteiger partial charge in [-0.15, -0.1) is 0 Å². The number of H-pyrrole nitrogens is 1. The molecule has 1 N–H and O–H groups in total. The summed E-state index contributed by atoms with van der Waals surface area (Å²) < 4.78 is 4.92. The molecule has 1 fully saturated rings. The first-order chi connectivity index (χ1) is 15.0. The number of piperidine rings is 1. The lowest BCUT2D eigenvalue weighted by Gasteiger charge is -2.36. The Morgan fingerprint density at radius 3 is 2.87 bits per heavy atom. The van der Waals surface area contributed by atoms with Crippen LogP contribution < -0.4 is 5.56 Å². The van der Waals surface area contributed by atoms with Crippen LogP contribution in [0.15, 0.2) is 29.1 Å². The van der Waals surface area contributed by atoms with Crippen LogP contribution in [0, 0.1) is 6.92 Å². The van der Waals surface area contributed by atoms with Gasteiger partial charge in [0.05, 0.1) is 23.8 Å². The van der Waals surface area contributed by atoms with Crippen LogP contribution in [0.4, 0.5) is 0 Å². The first-order valence-electron chi connectivity index (χ1n) is 10.7. The first-order valence-corrected chi connectivity index (χ1v) is 10.7. The number of aromatic nitrogens is 2. The molecule has 0 spiro atoms. The molecule has 164 valence electrons. The van der Waals surface area contributed by atoms with Gasteiger partial charge in [-0.05, 0) is 38.3 Å². The van der Waals surface area contributed by atoms with Crippen LogP contribution in [0.5, 0.6) is 0 Å². The van der Waals surface area contributed by atoms with Gasteiger partial charge in [-0.25, -0.2) is 4.98 Å². The van der Waals surface area contributed by atoms with Crippen molar-refractivity contribution in [1.82, 2.24) is 19.8 Å². The number of likely N-dealkylation sites (tertiary alicyclic amines) is 1. The fourth-order valence-electron chi connectivity index (χ4n) is 4.43. The van der Waals surface area contributed by atoms with Crippen molar-refractivity contribution in [3.63, 3.8) is 0 Å². The topological polar surface area (TPSA) is 95.6 Å². The van der Waals surface area contributed by atoms with Crippen LogP contribution >= 0.6 is 0 Å². The number of nitrogens with zero attached hydrogens (tertiary/aromatic N) is 3. The van der Waals surface area contributed by atoms with Crippen molar-refractivity contribution >= 4 is 11.8 Å². The van der Waals surface area contributed by atoms with Crippen molar-refractivity contribution in [2.24, 2.45) is 0 Å². The zero-order chi connectivity index (χ0) is 22.0. The van der Waals surface area contributed by atoms with E-state index >= 15 is 0 Å². The lowest BCUT2D eigenvalue weighted by atomic mass is 9.98. The number of amides is 2. The van der Waals surface area contributed by atoms with Gasteiger partial charge in [0, 0.05) is 32.2 Å². The molecule has 1 aromatic heterocycles. The molecule has 4 rings (SSSR count). The summed E-state index contributed by atoms with van der Waals surface area (Å²) in [5.74, 6) is 0.366. The minimum absolute atomic E-state index is 0.00312. The third-order valence-electron chi connectivity index (χ3n) is 6.05. The van der Waals surface area contributed by atoms with Gasteiger partial charge in [0.15, 0.2) is 0 Å². The van der Waals surface area contributed by atoms with Crippen molar-refractivity contribution in [2.45, 2.75) is 45.2 Å². The van der Waals surface area contributed by atoms with Gasteiger partial charge >= 0.3 is 0 Å². The summed E-state index contributed by atoms with van der Waals surface area (Å²) in [7, 11) is 1.48. The molecule has 0 radical (unpaired) electrons. The van der Waals surface area contributed by atoms with E-state index in [1.165, 1.54) is 7.11 Å². The molecule has 2 aliphatic heterocycles. The Hall–Kier alpha value is -3.00. The molecule has 0 saturated carbocycles. The Morgan fingerprint density at radius 1 is 1.26 bits per heavy atom. The van der Waals surface area contributed by atoms with E-state index in [1.54, 1.807) is 4.90 Å². The van der Waals surface area contributed by atoms with Crippen molar-refractivity contribution < 1.29 is 14.3 Å². The molecule has 2 aliphatic rings. The Bertz CT molecular complexity index is 1050. The molecule has 2 aromatic rings. The third-order valence-corrected chi connectivity index (χ3v) is 6.05. The molecule has 2 amide bonds. The highest BCUT2D eigenvalue weighted by Gasteiger charge is 2.32. The van der Waals surface area contributed by atoms with Crippen molar-refractivity contribution in [3.05, 3.63) is 62.8 Å². The fraction of sp³-hybridized carbons (Fsp3) is 0.478. The summed E-state index contributed by atoms with van der Waals surface area (Å²) in [5.41, 5.74) is 2.69. The summed E-state index contributed by atoms with van der Waals surface area (Å²) in [6.45, 7) is 3.33. The van der Waals surface area contributed by atoms with Crippen LogP contribution in [-0.2, 0) is 22.5 Å². The number of carbonyl (C=O) groups is 2. The molecule has 0 bridgehead atoms. The third kappa shape index (κ3) is 4.39. The number of rotatable bonds is 4. The minimum atomic E-state index is -0.257. The first kappa shape index (κ1) is 21.2. The normalized spacial score (nSPS) is 18.6. The van der Waals surface area contributed by atoms with Crippen molar-refractivity contribution in [3.8, 4) is 0 Å². The minimum Gasteiger partial charge on any atom is -0.375 e. The summed E-state index contributed by atoms with van der Waals surface area (Å²) in [6, 6.07) is 7.32. The fourth-order valence-corrected chi connectivity index (χ4v) is 4.43. The maximum atomic E-state index is 13.2. The number of nitrogens with one attached hydrogen (secondary N) is 1. The highest BCUT2D eigenvalue weighted by atomic mass is 16.5. The molecular weight excluding hydrogens is 396 g/mol. The number of benzene rings is 1. The lowest BCUT2D eigenvalue weighted by molar-refractivity contribution is -0.136. The molecule has 1 atom stereocenters. The van der Waals surface area contributed by atoms with Gasteiger partial charge in [0.2, 0.25) is 5.91 Å². The molecule has 1 aromatic carbocycles. The number of hydrogen-bond donors (Lipinski definition) is 1. The van der Waals surface area contributed by atoms with Gasteiger partial charge in [-0.1, -0.05) is 17.7 Å². The molecule has 0 unspecified atom stereocenters. The van der Waals surface area contributed by atoms with Crippen LogP contribution in [0.2, 0.25) is 0 Å². The summed E-state index contributed by atoms with van der Waals surface area (Å²) >= 11 is 0. The second-order valence-corrected chi connectivity index (χ2v) is 8.25. The highest BCUT2D eigenvalue weighted by Crippen LogP contribution is 2.30. The van der Waals surface area contributed by atoms with Crippen LogP contribution in [-0.4, -0.2) is 58.4 Å². The van der Waals surface area contributed by atoms with Gasteiger partial charge in [0.1, 0.15) is 12.4 Å². The standard InChI is InChI=1S/C23H28N4O4/c1-15-6-5-7-16(12-15)23(30)27-10-4-3-8-19(27)21-24-18-9-11-26(20(28)14-31-2)13-17(18)22(29)25-21/h5-7,12,19H,3-4,8-11,13-14H2,1-2H3,(H,24,25,29)/t19-/m1/s1.